The summed E-state index contributed by atoms with van der Waals surface area (Å²) in [6.45, 7) is 12.1. The lowest BCUT2D eigenvalue weighted by molar-refractivity contribution is 0.0905. The monoisotopic (exact) mass is 521 g/mol. The number of nitrogens with one attached hydrogen (secondary N) is 3. The summed E-state index contributed by atoms with van der Waals surface area (Å²) >= 11 is 1.62. The van der Waals surface area contributed by atoms with E-state index in [0.717, 1.165) is 97.8 Å². The standard InChI is InChI=1S/C29H39N5O2S/c1-5-19(2)27(31-24-16-22(7-6-20(24)3)34-12-10-33(4)11-13-34)26-28(30-21-8-14-36-15-9-21)23-17-37-18-25(23)32-29(26)35/h6-7,16-18,21,30-31H,5,8-15H2,1-4H3,(H,32,35). The molecule has 8 heteroatoms. The Labute approximate surface area is 223 Å². The minimum absolute atomic E-state index is 0.0661. The average molecular weight is 522 g/mol. The number of allylic oxidation sites excluding steroid dienone is 1. The highest BCUT2D eigenvalue weighted by atomic mass is 32.1. The van der Waals surface area contributed by atoms with E-state index in [1.807, 2.05) is 5.38 Å². The van der Waals surface area contributed by atoms with Crippen LogP contribution in [0.5, 0.6) is 0 Å². The van der Waals surface area contributed by atoms with E-state index in [9.17, 15) is 4.79 Å². The van der Waals surface area contributed by atoms with Gasteiger partial charge in [-0.25, -0.2) is 0 Å². The fourth-order valence-electron chi connectivity index (χ4n) is 5.16. The van der Waals surface area contributed by atoms with Crippen LogP contribution in [0.3, 0.4) is 0 Å². The van der Waals surface area contributed by atoms with E-state index in [0.29, 0.717) is 5.56 Å². The summed E-state index contributed by atoms with van der Waals surface area (Å²) in [4.78, 5) is 21.6. The fraction of sp³-hybridized carbons (Fsp3) is 0.483. The van der Waals surface area contributed by atoms with E-state index in [1.165, 1.54) is 5.69 Å². The van der Waals surface area contributed by atoms with Crippen LogP contribution in [-0.2, 0) is 4.74 Å². The molecular formula is C29H39N5O2S. The van der Waals surface area contributed by atoms with Gasteiger partial charge in [0.15, 0.2) is 0 Å². The van der Waals surface area contributed by atoms with Crippen LogP contribution in [-0.4, -0.2) is 62.4 Å². The number of likely N-dealkylation sites (N-methyl/N-ethyl adjacent to an activating group) is 1. The molecule has 2 saturated heterocycles. The van der Waals surface area contributed by atoms with E-state index < -0.39 is 0 Å². The smallest absolute Gasteiger partial charge is 0.259 e. The van der Waals surface area contributed by atoms with Gasteiger partial charge in [0, 0.05) is 73.0 Å². The van der Waals surface area contributed by atoms with Crippen LogP contribution in [0.25, 0.3) is 16.6 Å². The van der Waals surface area contributed by atoms with Crippen molar-refractivity contribution < 1.29 is 4.74 Å². The molecule has 37 heavy (non-hydrogen) atoms. The Kier molecular flexibility index (Phi) is 7.88. The van der Waals surface area contributed by atoms with Crippen LogP contribution in [0, 0.1) is 6.92 Å². The Hall–Kier alpha value is -2.81. The molecule has 0 saturated carbocycles. The van der Waals surface area contributed by atoms with Crippen LogP contribution in [0.4, 0.5) is 17.1 Å². The molecule has 0 unspecified atom stereocenters. The number of anilines is 3. The van der Waals surface area contributed by atoms with Crippen molar-refractivity contribution in [1.29, 1.82) is 0 Å². The van der Waals surface area contributed by atoms with Crippen LogP contribution in [0.2, 0.25) is 0 Å². The van der Waals surface area contributed by atoms with Crippen molar-refractivity contribution in [3.05, 3.63) is 56.0 Å². The van der Waals surface area contributed by atoms with Crippen molar-refractivity contribution >= 4 is 45.0 Å². The molecule has 4 heterocycles. The molecule has 3 N–H and O–H groups in total. The van der Waals surface area contributed by atoms with Gasteiger partial charge >= 0.3 is 0 Å². The number of thiophene rings is 1. The third-order valence-electron chi connectivity index (χ3n) is 7.78. The average Bonchev–Trinajstić information content (AvgIpc) is 3.38. The van der Waals surface area contributed by atoms with Crippen LogP contribution >= 0.6 is 11.3 Å². The zero-order chi connectivity index (χ0) is 25.9. The number of piperazine rings is 1. The molecule has 0 spiro atoms. The largest absolute Gasteiger partial charge is 0.381 e. The molecule has 2 fully saturated rings. The zero-order valence-corrected chi connectivity index (χ0v) is 23.3. The summed E-state index contributed by atoms with van der Waals surface area (Å²) in [6, 6.07) is 6.92. The van der Waals surface area contributed by atoms with E-state index >= 15 is 0 Å². The number of aryl methyl sites for hydroxylation is 1. The molecule has 1 aromatic carbocycles. The second kappa shape index (κ2) is 11.3. The summed E-state index contributed by atoms with van der Waals surface area (Å²) in [5, 5.41) is 12.7. The number of benzene rings is 1. The highest BCUT2D eigenvalue weighted by Gasteiger charge is 2.23. The molecule has 198 valence electrons. The number of nitrogens with zero attached hydrogens (tertiary/aromatic N) is 2. The molecule has 0 radical (unpaired) electrons. The van der Waals surface area contributed by atoms with Crippen molar-refractivity contribution in [2.45, 2.75) is 46.1 Å². The number of aromatic amines is 1. The van der Waals surface area contributed by atoms with Crippen molar-refractivity contribution in [3.63, 3.8) is 0 Å². The molecule has 0 bridgehead atoms. The molecule has 2 aromatic heterocycles. The van der Waals surface area contributed by atoms with Crippen LogP contribution < -0.4 is 21.1 Å². The number of pyridine rings is 1. The number of aromatic nitrogens is 1. The molecule has 2 aliphatic heterocycles. The van der Waals surface area contributed by atoms with E-state index in [2.05, 4.69) is 76.8 Å². The summed E-state index contributed by atoms with van der Waals surface area (Å²) in [5.74, 6) is 0. The quantitative estimate of drug-likeness (QED) is 0.382. The lowest BCUT2D eigenvalue weighted by atomic mass is 10.0. The highest BCUT2D eigenvalue weighted by molar-refractivity contribution is 7.09. The third kappa shape index (κ3) is 5.56. The van der Waals surface area contributed by atoms with Gasteiger partial charge < -0.3 is 30.2 Å². The lowest BCUT2D eigenvalue weighted by Crippen LogP contribution is -2.44. The number of fused-ring (bicyclic) bond motifs is 1. The SMILES string of the molecule is CCC(C)=C(Nc1cc(N2CCN(C)CC2)ccc1C)c1c(NC2CCOCC2)c2cscc2[nH]c1=O. The van der Waals surface area contributed by atoms with E-state index in [4.69, 9.17) is 4.74 Å². The Morgan fingerprint density at radius 2 is 1.92 bits per heavy atom. The first-order chi connectivity index (χ1) is 17.9. The summed E-state index contributed by atoms with van der Waals surface area (Å²) in [5.41, 5.74) is 7.91. The number of ether oxygens (including phenoxy) is 1. The van der Waals surface area contributed by atoms with Crippen molar-refractivity contribution in [2.24, 2.45) is 0 Å². The predicted molar refractivity (Wildman–Crippen MR) is 157 cm³/mol. The van der Waals surface area contributed by atoms with Gasteiger partial charge in [-0.15, -0.1) is 11.3 Å². The van der Waals surface area contributed by atoms with Gasteiger partial charge in [0.25, 0.3) is 5.56 Å². The maximum atomic E-state index is 13.7. The fourth-order valence-corrected chi connectivity index (χ4v) is 5.93. The summed E-state index contributed by atoms with van der Waals surface area (Å²) in [6.07, 6.45) is 2.71. The Morgan fingerprint density at radius 3 is 2.65 bits per heavy atom. The van der Waals surface area contributed by atoms with Crippen molar-refractivity contribution in [3.8, 4) is 0 Å². The van der Waals surface area contributed by atoms with Gasteiger partial charge in [-0.05, 0) is 63.4 Å². The summed E-state index contributed by atoms with van der Waals surface area (Å²) < 4.78 is 5.59. The second-order valence-corrected chi connectivity index (χ2v) is 11.1. The van der Waals surface area contributed by atoms with Crippen molar-refractivity contribution in [2.75, 3.05) is 62.0 Å². The molecule has 3 aromatic rings. The van der Waals surface area contributed by atoms with Gasteiger partial charge in [0.1, 0.15) is 0 Å². The van der Waals surface area contributed by atoms with Gasteiger partial charge in [0.05, 0.1) is 22.5 Å². The summed E-state index contributed by atoms with van der Waals surface area (Å²) in [7, 11) is 2.18. The van der Waals surface area contributed by atoms with Crippen LogP contribution in [0.15, 0.2) is 39.3 Å². The minimum atomic E-state index is -0.0661. The van der Waals surface area contributed by atoms with Gasteiger partial charge in [-0.2, -0.15) is 0 Å². The normalized spacial score (nSPS) is 18.2. The number of rotatable bonds is 7. The molecule has 2 aliphatic rings. The first-order valence-corrected chi connectivity index (χ1v) is 14.4. The topological polar surface area (TPSA) is 72.6 Å². The van der Waals surface area contributed by atoms with Crippen molar-refractivity contribution in [1.82, 2.24) is 9.88 Å². The second-order valence-electron chi connectivity index (χ2n) is 10.4. The molecular weight excluding hydrogens is 482 g/mol. The van der Waals surface area contributed by atoms with Gasteiger partial charge in [0.2, 0.25) is 0 Å². The van der Waals surface area contributed by atoms with E-state index in [1.54, 1.807) is 11.3 Å². The number of H-pyrrole nitrogens is 1. The maximum absolute atomic E-state index is 13.7. The first kappa shape index (κ1) is 25.8. The molecule has 5 rings (SSSR count). The van der Waals surface area contributed by atoms with E-state index in [-0.39, 0.29) is 11.6 Å². The number of hydrogen-bond acceptors (Lipinski definition) is 7. The molecule has 0 aliphatic carbocycles. The molecule has 0 amide bonds. The van der Waals surface area contributed by atoms with Gasteiger partial charge in [-0.1, -0.05) is 13.0 Å². The number of hydrogen-bond donors (Lipinski definition) is 3. The highest BCUT2D eigenvalue weighted by Crippen LogP contribution is 2.35. The molecule has 0 atom stereocenters. The van der Waals surface area contributed by atoms with Crippen LogP contribution in [0.1, 0.15) is 44.2 Å². The minimum Gasteiger partial charge on any atom is -0.381 e. The lowest BCUT2D eigenvalue weighted by Gasteiger charge is -2.34. The Balaban J connectivity index is 1.56. The Bertz CT molecular complexity index is 1330. The third-order valence-corrected chi connectivity index (χ3v) is 8.53. The first-order valence-electron chi connectivity index (χ1n) is 13.4. The Morgan fingerprint density at radius 1 is 1.16 bits per heavy atom. The maximum Gasteiger partial charge on any atom is 0.259 e. The predicted octanol–water partition coefficient (Wildman–Crippen LogP) is 5.49. The molecule has 7 nitrogen and oxygen atoms in total. The van der Waals surface area contributed by atoms with Gasteiger partial charge in [-0.3, -0.25) is 4.79 Å². The zero-order valence-electron chi connectivity index (χ0n) is 22.4.